The molecule has 468 valence electrons. The van der Waals surface area contributed by atoms with E-state index in [4.69, 9.17) is 60.1 Å². The van der Waals surface area contributed by atoms with Gasteiger partial charge in [-0.15, -0.1) is 0 Å². The molecule has 10 N–H and O–H groups in total. The highest BCUT2D eigenvalue weighted by molar-refractivity contribution is 9.10. The summed E-state index contributed by atoms with van der Waals surface area (Å²) in [5.74, 6) is 1.47. The molecule has 0 unspecified atom stereocenters. The summed E-state index contributed by atoms with van der Waals surface area (Å²) in [5, 5.41) is 36.7. The van der Waals surface area contributed by atoms with Crippen LogP contribution >= 0.6 is 15.9 Å². The van der Waals surface area contributed by atoms with Crippen LogP contribution in [0.15, 0.2) is 118 Å². The number of nitrogen functional groups attached to an aromatic ring is 2. The van der Waals surface area contributed by atoms with Gasteiger partial charge in [-0.25, -0.2) is 49.6 Å². The molecule has 0 radical (unpaired) electrons. The molecule has 4 aromatic heterocycles. The lowest BCUT2D eigenvalue weighted by Crippen LogP contribution is -2.45. The van der Waals surface area contributed by atoms with E-state index in [1.54, 1.807) is 37.4 Å². The highest BCUT2D eigenvalue weighted by Crippen LogP contribution is 2.37. The van der Waals surface area contributed by atoms with Crippen molar-refractivity contribution in [2.45, 2.75) is 84.1 Å². The van der Waals surface area contributed by atoms with Gasteiger partial charge in [-0.3, -0.25) is 19.7 Å². The number of nitrogens with zero attached hydrogens (tertiary/aromatic N) is 9. The van der Waals surface area contributed by atoms with Gasteiger partial charge < -0.3 is 55.6 Å². The first-order chi connectivity index (χ1) is 42.1. The average Bonchev–Trinajstić information content (AvgIpc) is 1.44. The number of nitrogens with two attached hydrogens (primary N) is 2. The molecule has 3 aromatic carbocycles. The summed E-state index contributed by atoms with van der Waals surface area (Å²) in [4.78, 5) is 49.2. The van der Waals surface area contributed by atoms with Crippen molar-refractivity contribution in [2.75, 3.05) is 83.3 Å². The first-order valence-corrected chi connectivity index (χ1v) is 29.0. The lowest BCUT2D eigenvalue weighted by molar-refractivity contribution is 0.0532. The average molecular weight is 1280 g/mol. The van der Waals surface area contributed by atoms with E-state index >= 15 is 0 Å². The molecule has 3 aliphatic heterocycles. The quantitative estimate of drug-likeness (QED) is 0.0253. The Balaban J connectivity index is 0.000000193. The van der Waals surface area contributed by atoms with Crippen molar-refractivity contribution in [3.63, 3.8) is 0 Å². The van der Waals surface area contributed by atoms with Gasteiger partial charge in [0.1, 0.15) is 11.6 Å². The molecule has 27 heteroatoms. The molecule has 1 fully saturated rings. The molecule has 0 aliphatic carbocycles. The zero-order valence-corrected chi connectivity index (χ0v) is 50.2. The van der Waals surface area contributed by atoms with Crippen LogP contribution < -0.4 is 42.4 Å². The minimum atomic E-state index is -0.786. The fourth-order valence-electron chi connectivity index (χ4n) is 9.77. The molecule has 0 amide bonds. The number of halogens is 3. The highest BCUT2D eigenvalue weighted by Gasteiger charge is 2.31. The molecule has 0 saturated carbocycles. The van der Waals surface area contributed by atoms with Crippen LogP contribution in [-0.2, 0) is 31.8 Å². The topological polar surface area (TPSA) is 318 Å². The number of benzene rings is 3. The fourth-order valence-corrected chi connectivity index (χ4v) is 10.4. The number of hydroxylamine groups is 2. The molecule has 4 atom stereocenters. The van der Waals surface area contributed by atoms with Gasteiger partial charge in [-0.2, -0.15) is 0 Å². The smallest absolute Gasteiger partial charge is 0.481 e. The number of methoxy groups -OCH3 is 2. The molecular weight excluding hydrogens is 1200 g/mol. The number of rotatable bonds is 19. The maximum atomic E-state index is 14.3. The molecule has 10 rings (SSSR count). The summed E-state index contributed by atoms with van der Waals surface area (Å²) < 4.78 is 50.5. The molecule has 7 heterocycles. The molecular formula is C61H75BBrF2N13O10. The number of hydrogen-bond acceptors (Lipinski definition) is 23. The Morgan fingerprint density at radius 1 is 0.659 bits per heavy atom. The monoisotopic (exact) mass is 1280 g/mol. The number of fused-ring (bicyclic) bond motifs is 2. The van der Waals surface area contributed by atoms with E-state index in [0.29, 0.717) is 120 Å². The summed E-state index contributed by atoms with van der Waals surface area (Å²) in [6.07, 6.45) is 1.26. The third kappa shape index (κ3) is 18.6. The minimum Gasteiger partial charge on any atom is -0.481 e. The van der Waals surface area contributed by atoms with Crippen LogP contribution in [0.3, 0.4) is 0 Å². The zero-order valence-electron chi connectivity index (χ0n) is 48.7. The van der Waals surface area contributed by atoms with Gasteiger partial charge in [0.15, 0.2) is 11.7 Å². The highest BCUT2D eigenvalue weighted by atomic mass is 79.9. The van der Waals surface area contributed by atoms with Gasteiger partial charge in [0.25, 0.3) is 0 Å². The lowest BCUT2D eigenvalue weighted by atomic mass is 9.83. The maximum absolute atomic E-state index is 14.3. The molecule has 3 aliphatic rings. The van der Waals surface area contributed by atoms with Gasteiger partial charge in [0.2, 0.25) is 23.7 Å². The number of ether oxygens (including phenoxy) is 2. The second-order valence-electron chi connectivity index (χ2n) is 20.2. The first kappa shape index (κ1) is 67.6. The van der Waals surface area contributed by atoms with E-state index < -0.39 is 31.2 Å². The van der Waals surface area contributed by atoms with Crippen molar-refractivity contribution in [2.24, 2.45) is 9.98 Å². The second-order valence-corrected chi connectivity index (χ2v) is 21.0. The van der Waals surface area contributed by atoms with E-state index in [1.165, 1.54) is 37.1 Å². The van der Waals surface area contributed by atoms with Crippen LogP contribution in [-0.4, -0.2) is 148 Å². The summed E-state index contributed by atoms with van der Waals surface area (Å²) in [6.45, 7) is 6.47. The molecule has 7 aromatic rings. The summed E-state index contributed by atoms with van der Waals surface area (Å²) in [7, 11) is 2.69. The Kier molecular flexibility index (Phi) is 25.7. The van der Waals surface area contributed by atoms with Gasteiger partial charge in [-0.05, 0) is 99.2 Å². The summed E-state index contributed by atoms with van der Waals surface area (Å²) in [5.41, 5.74) is 26.3. The van der Waals surface area contributed by atoms with Crippen LogP contribution in [0.1, 0.15) is 90.2 Å². The molecule has 88 heavy (non-hydrogen) atoms. The molecule has 0 spiro atoms. The number of hydrogen-bond donors (Lipinski definition) is 8. The zero-order chi connectivity index (χ0) is 61.8. The van der Waals surface area contributed by atoms with Crippen molar-refractivity contribution >= 4 is 57.9 Å². The Bertz CT molecular complexity index is 3450. The number of aliphatic hydroxyl groups is 4. The van der Waals surface area contributed by atoms with Gasteiger partial charge >= 0.3 is 7.12 Å². The Morgan fingerprint density at radius 3 is 1.70 bits per heavy atom. The standard InChI is InChI=1S/C25H29FN6O4.C19H23BrFN5O3.C16H19BN2O3.CH4/c1-14-23-21(31-25(27)28-14)12-20(30-24(23)32-36-10-4-5-16(34)13-33)17-9-8-15(26)11-18(17)19-6-3-7-22(29-19)35-2;1-10-17-16(25-19(22)23-10)8-15(13-5-4-11(21)7-14(13)20)24-18(17)26-29-6-2-3-12(28)9-27;1-20-16-9-5-8-15(18-16)17-21-12-10-19(11-13-22-17)14-6-3-2-4-7-14;/h3,6-9,11,16,20,33-34H,4-5,10,12-13H2,1-2H3,(H,30,32)(H2,27,28,31);4-5,7,12,15,27-28H,2-3,6,8-9H2,1H3,(H,24,26)(H2,22,23,25);2-9H,10-13H2,1H3;1H4/t16-,20-;12-,15-;;/m11../s1. The number of aromatic nitrogens is 6. The van der Waals surface area contributed by atoms with Crippen molar-refractivity contribution in [3.8, 4) is 23.0 Å². The Labute approximate surface area is 518 Å². The maximum Gasteiger partial charge on any atom is 0.513 e. The van der Waals surface area contributed by atoms with Crippen molar-refractivity contribution < 1.29 is 57.7 Å². The van der Waals surface area contributed by atoms with E-state index in [1.807, 2.05) is 50.2 Å². The van der Waals surface area contributed by atoms with Gasteiger partial charge in [-0.1, -0.05) is 65.8 Å². The van der Waals surface area contributed by atoms with E-state index in [9.17, 15) is 19.0 Å². The van der Waals surface area contributed by atoms with Crippen LogP contribution in [0.25, 0.3) is 11.3 Å². The number of pyridine rings is 2. The Morgan fingerprint density at radius 2 is 1.17 bits per heavy atom. The lowest BCUT2D eigenvalue weighted by Gasteiger charge is -2.28. The SMILES string of the molecule is C.COc1cccc(-c2cc(F)ccc2[C@H]2Cc3nc(N)nc(C)c3C(NOCCC[C@@H](O)CO)=N2)n1.COc1cccc(B2OCCN(c3ccccc3)CCO2)n1.Cc1nc(N)nc2c1C(NOCCC[C@@H](O)CO)=N[C@@H](c1ccc(F)cc1Br)C2. The van der Waals surface area contributed by atoms with E-state index in [0.717, 1.165) is 41.1 Å². The van der Waals surface area contributed by atoms with Crippen LogP contribution in [0, 0.1) is 25.5 Å². The number of aliphatic imine (C=N–C) groups is 2. The third-order valence-corrected chi connectivity index (χ3v) is 14.7. The van der Waals surface area contributed by atoms with Gasteiger partial charge in [0, 0.05) is 67.0 Å². The molecule has 1 saturated heterocycles. The van der Waals surface area contributed by atoms with Crippen molar-refractivity contribution in [1.82, 2.24) is 40.9 Å². The fraction of sp³-hybridized carbons (Fsp3) is 0.377. The van der Waals surface area contributed by atoms with E-state index in [-0.39, 0.29) is 51.0 Å². The summed E-state index contributed by atoms with van der Waals surface area (Å²) >= 11 is 3.40. The number of para-hydroxylation sites is 1. The predicted molar refractivity (Wildman–Crippen MR) is 335 cm³/mol. The first-order valence-electron chi connectivity index (χ1n) is 28.2. The van der Waals surface area contributed by atoms with E-state index in [2.05, 4.69) is 73.8 Å². The largest absolute Gasteiger partial charge is 0.513 e. The Hall–Kier alpha value is -7.86. The van der Waals surface area contributed by atoms with Crippen LogP contribution in [0.5, 0.6) is 11.8 Å². The molecule has 23 nitrogen and oxygen atoms in total. The van der Waals surface area contributed by atoms with Crippen LogP contribution in [0.2, 0.25) is 0 Å². The second kappa shape index (κ2) is 33.5. The molecule has 0 bridgehead atoms. The predicted octanol–water partition coefficient (Wildman–Crippen LogP) is 6.22. The third-order valence-electron chi connectivity index (χ3n) is 14.0. The number of anilines is 3. The minimum absolute atomic E-state index is 0. The number of nitrogens with one attached hydrogen (secondary N) is 2. The van der Waals surface area contributed by atoms with Gasteiger partial charge in [0.05, 0.1) is 110 Å². The van der Waals surface area contributed by atoms with Crippen molar-refractivity contribution in [1.29, 1.82) is 0 Å². The number of amidine groups is 2. The number of aryl methyl sites for hydroxylation is 2. The normalized spacial score (nSPS) is 16.0. The van der Waals surface area contributed by atoms with Crippen LogP contribution in [0.4, 0.5) is 26.4 Å². The summed E-state index contributed by atoms with van der Waals surface area (Å²) in [6, 6.07) is 29.4. The van der Waals surface area contributed by atoms with Crippen molar-refractivity contribution in [3.05, 3.63) is 164 Å². The number of aliphatic hydroxyl groups excluding tert-OH is 4.